The van der Waals surface area contributed by atoms with Crippen LogP contribution in [0.5, 0.6) is 0 Å². The molecule has 4 heteroatoms. The van der Waals surface area contributed by atoms with Gasteiger partial charge in [0.25, 0.3) is 0 Å². The van der Waals surface area contributed by atoms with Crippen LogP contribution >= 0.6 is 30.1 Å². The molecule has 0 saturated heterocycles. The highest BCUT2D eigenvalue weighted by molar-refractivity contribution is 7.54. The quantitative estimate of drug-likeness (QED) is 0.546. The summed E-state index contributed by atoms with van der Waals surface area (Å²) in [5.41, 5.74) is 0. The third-order valence-electron chi connectivity index (χ3n) is 1.89. The summed E-state index contributed by atoms with van der Waals surface area (Å²) in [6, 6.07) is 0. The van der Waals surface area contributed by atoms with Crippen molar-refractivity contribution in [1.29, 1.82) is 0 Å². The van der Waals surface area contributed by atoms with E-state index in [1.54, 1.807) is 0 Å². The van der Waals surface area contributed by atoms with E-state index >= 15 is 0 Å². The van der Waals surface area contributed by atoms with Crippen LogP contribution in [0.1, 0.15) is 39.0 Å². The summed E-state index contributed by atoms with van der Waals surface area (Å²) >= 11 is -1.72. The second-order valence-corrected chi connectivity index (χ2v) is 9.42. The molecule has 0 atom stereocenters. The zero-order valence-electron chi connectivity index (χ0n) is 6.82. The summed E-state index contributed by atoms with van der Waals surface area (Å²) in [6.07, 6.45) is 7.44. The topological polar surface area (TPSA) is 0 Å². The smallest absolute Gasteiger partial charge is 0.214 e. The molecule has 0 aromatic rings. The van der Waals surface area contributed by atoms with E-state index in [0.29, 0.717) is 0 Å². The predicted molar refractivity (Wildman–Crippen MR) is 55.6 cm³/mol. The maximum absolute atomic E-state index is 4.94. The zero-order valence-corrected chi connectivity index (χ0v) is 10.2. The molecule has 0 radical (unpaired) electrons. The van der Waals surface area contributed by atoms with Crippen LogP contribution in [0, 0.1) is 5.92 Å². The number of hydrogen-bond acceptors (Lipinski definition) is 0. The molecule has 1 aliphatic carbocycles. The van der Waals surface area contributed by atoms with E-state index in [1.165, 1.54) is 32.1 Å². The van der Waals surface area contributed by atoms with Crippen LogP contribution in [-0.2, 0) is 0 Å². The van der Waals surface area contributed by atoms with Crippen LogP contribution in [0.2, 0.25) is 0 Å². The highest BCUT2D eigenvalue weighted by Crippen LogP contribution is 2.22. The molecule has 0 spiro atoms. The summed E-state index contributed by atoms with van der Waals surface area (Å²) in [7, 11) is 14.8. The van der Waals surface area contributed by atoms with Crippen molar-refractivity contribution in [2.24, 2.45) is 5.92 Å². The molecule has 0 heterocycles. The molecular weight excluding hydrogens is 217 g/mol. The number of halogens is 3. The Balaban J connectivity index is 0.000000218. The van der Waals surface area contributed by atoms with Crippen LogP contribution in [0.4, 0.5) is 0 Å². The third kappa shape index (κ3) is 11.4. The van der Waals surface area contributed by atoms with E-state index < -0.39 is 11.4 Å². The highest BCUT2D eigenvalue weighted by Gasteiger charge is 2.05. The molecule has 0 amide bonds. The Morgan fingerprint density at radius 1 is 1.00 bits per heavy atom. The number of rotatable bonds is 0. The molecule has 0 aliphatic heterocycles. The van der Waals surface area contributed by atoms with Crippen molar-refractivity contribution >= 4 is 41.5 Å². The maximum Gasteiger partial charge on any atom is 0.643 e. The maximum atomic E-state index is 4.94. The monoisotopic (exact) mass is 230 g/mol. The summed E-state index contributed by atoms with van der Waals surface area (Å²) in [6.45, 7) is 2.36. The largest absolute Gasteiger partial charge is 0.643 e. The van der Waals surface area contributed by atoms with Crippen LogP contribution < -0.4 is 0 Å². The fourth-order valence-electron chi connectivity index (χ4n) is 1.31. The Labute approximate surface area is 86.2 Å². The van der Waals surface area contributed by atoms with Crippen molar-refractivity contribution in [1.82, 2.24) is 0 Å². The number of hydrogen-bond donors (Lipinski definition) is 0. The molecule has 66 valence electrons. The molecule has 0 aromatic carbocycles. The molecule has 1 fully saturated rings. The Bertz CT molecular complexity index is 79.0. The summed E-state index contributed by atoms with van der Waals surface area (Å²) in [5, 5.41) is 0. The van der Waals surface area contributed by atoms with Gasteiger partial charge in [0.2, 0.25) is 0 Å². The first-order valence-corrected chi connectivity index (χ1v) is 9.29. The first-order valence-electron chi connectivity index (χ1n) is 4.05. The van der Waals surface area contributed by atoms with Crippen LogP contribution in [0.3, 0.4) is 0 Å². The van der Waals surface area contributed by atoms with Gasteiger partial charge in [-0.1, -0.05) is 39.0 Å². The van der Waals surface area contributed by atoms with Gasteiger partial charge in [0, 0.05) is 0 Å². The van der Waals surface area contributed by atoms with E-state index in [1.807, 2.05) is 0 Å². The van der Waals surface area contributed by atoms with Gasteiger partial charge in [-0.25, -0.2) is 30.1 Å². The molecule has 0 bridgehead atoms. The van der Waals surface area contributed by atoms with Crippen molar-refractivity contribution in [2.45, 2.75) is 39.0 Å². The first-order chi connectivity index (χ1) is 5.13. The average molecular weight is 232 g/mol. The lowest BCUT2D eigenvalue weighted by Crippen LogP contribution is -1.99. The van der Waals surface area contributed by atoms with Crippen molar-refractivity contribution in [3.05, 3.63) is 0 Å². The van der Waals surface area contributed by atoms with Gasteiger partial charge in [-0.3, -0.25) is 0 Å². The van der Waals surface area contributed by atoms with E-state index in [-0.39, 0.29) is 0 Å². The van der Waals surface area contributed by atoms with Crippen molar-refractivity contribution in [3.63, 3.8) is 0 Å². The average Bonchev–Trinajstić information content (AvgIpc) is 1.87. The second-order valence-electron chi connectivity index (χ2n) is 2.99. The zero-order chi connectivity index (χ0) is 8.69. The summed E-state index contributed by atoms with van der Waals surface area (Å²) < 4.78 is 0. The van der Waals surface area contributed by atoms with Gasteiger partial charge in [0.05, 0.1) is 0 Å². The van der Waals surface area contributed by atoms with Crippen LogP contribution in [-0.4, -0.2) is 11.4 Å². The lowest BCUT2D eigenvalue weighted by atomic mass is 9.91. The molecule has 1 rings (SSSR count). The molecule has 0 N–H and O–H groups in total. The van der Waals surface area contributed by atoms with E-state index in [2.05, 4.69) is 6.92 Å². The fraction of sp³-hybridized carbons (Fsp3) is 1.00. The van der Waals surface area contributed by atoms with Crippen LogP contribution in [0.25, 0.3) is 0 Å². The standard InChI is InChI=1S/C7H14.Al.3ClH/c1-7-5-3-2-4-6-7;;;;/h7H,2-6H2,1H3;;3*1H/q;+3;;;/p-3. The van der Waals surface area contributed by atoms with Gasteiger partial charge < -0.3 is 0 Å². The van der Waals surface area contributed by atoms with Gasteiger partial charge in [-0.15, -0.1) is 0 Å². The predicted octanol–water partition coefficient (Wildman–Crippen LogP) is 4.27. The van der Waals surface area contributed by atoms with Crippen molar-refractivity contribution in [2.75, 3.05) is 0 Å². The fourth-order valence-corrected chi connectivity index (χ4v) is 1.31. The van der Waals surface area contributed by atoms with Gasteiger partial charge in [-0.05, 0) is 5.92 Å². The molecular formula is C7H14AlCl3. The SMILES string of the molecule is CC1CCCCC1.[Cl][Al]([Cl])[Cl]. The van der Waals surface area contributed by atoms with Gasteiger partial charge in [-0.2, -0.15) is 0 Å². The highest BCUT2D eigenvalue weighted by atomic mass is 35.8. The molecule has 11 heavy (non-hydrogen) atoms. The second kappa shape index (κ2) is 8.02. The Morgan fingerprint density at radius 3 is 1.55 bits per heavy atom. The van der Waals surface area contributed by atoms with Gasteiger partial charge in [0.1, 0.15) is 0 Å². The molecule has 0 aromatic heterocycles. The van der Waals surface area contributed by atoms with Crippen molar-refractivity contribution < 1.29 is 0 Å². The summed E-state index contributed by atoms with van der Waals surface area (Å²) in [5.74, 6) is 1.04. The lowest BCUT2D eigenvalue weighted by Gasteiger charge is -2.15. The first kappa shape index (κ1) is 12.4. The Hall–Kier alpha value is 1.40. The molecule has 1 aliphatic rings. The minimum atomic E-state index is -1.72. The third-order valence-corrected chi connectivity index (χ3v) is 1.89. The van der Waals surface area contributed by atoms with Gasteiger partial charge >= 0.3 is 11.4 Å². The molecule has 0 nitrogen and oxygen atoms in total. The molecule has 0 unspecified atom stereocenters. The normalized spacial score (nSPS) is 18.5. The minimum Gasteiger partial charge on any atom is -0.214 e. The van der Waals surface area contributed by atoms with E-state index in [4.69, 9.17) is 30.1 Å². The lowest BCUT2D eigenvalue weighted by molar-refractivity contribution is 0.385. The van der Waals surface area contributed by atoms with E-state index in [9.17, 15) is 0 Å². The minimum absolute atomic E-state index is 1.04. The summed E-state index contributed by atoms with van der Waals surface area (Å²) in [4.78, 5) is 0. The van der Waals surface area contributed by atoms with Crippen LogP contribution in [0.15, 0.2) is 0 Å². The van der Waals surface area contributed by atoms with Gasteiger partial charge in [0.15, 0.2) is 0 Å². The Kier molecular flexibility index (Phi) is 9.04. The van der Waals surface area contributed by atoms with E-state index in [0.717, 1.165) is 5.92 Å². The van der Waals surface area contributed by atoms with Crippen molar-refractivity contribution in [3.8, 4) is 0 Å². The molecule has 1 saturated carbocycles. The Morgan fingerprint density at radius 2 is 1.36 bits per heavy atom.